The van der Waals surface area contributed by atoms with Gasteiger partial charge < -0.3 is 15.8 Å². The minimum atomic E-state index is -0.529. The van der Waals surface area contributed by atoms with E-state index in [4.69, 9.17) is 10.5 Å². The summed E-state index contributed by atoms with van der Waals surface area (Å²) in [5.41, 5.74) is 6.67. The van der Waals surface area contributed by atoms with Gasteiger partial charge in [0.05, 0.1) is 10.5 Å². The van der Waals surface area contributed by atoms with Gasteiger partial charge in [0.15, 0.2) is 0 Å². The second-order valence-corrected chi connectivity index (χ2v) is 5.80. The summed E-state index contributed by atoms with van der Waals surface area (Å²) in [6, 6.07) is 4.24. The molecule has 0 aliphatic carbocycles. The van der Waals surface area contributed by atoms with Crippen LogP contribution in [0.5, 0.6) is 0 Å². The molecule has 3 N–H and O–H groups in total. The maximum atomic E-state index is 13.4. The average molecular weight is 382 g/mol. The van der Waals surface area contributed by atoms with Gasteiger partial charge in [0.25, 0.3) is 0 Å². The lowest BCUT2D eigenvalue weighted by atomic mass is 9.92. The van der Waals surface area contributed by atoms with Crippen LogP contribution in [0.2, 0.25) is 0 Å². The van der Waals surface area contributed by atoms with Gasteiger partial charge in [-0.1, -0.05) is 6.07 Å². The number of nitrogens with two attached hydrogens (primary N) is 1. The van der Waals surface area contributed by atoms with E-state index in [9.17, 15) is 9.18 Å². The lowest BCUT2D eigenvalue weighted by molar-refractivity contribution is -0.124. The summed E-state index contributed by atoms with van der Waals surface area (Å²) in [6.07, 6.45) is 1.61. The predicted molar refractivity (Wildman–Crippen MR) is 84.7 cm³/mol. The van der Waals surface area contributed by atoms with Gasteiger partial charge >= 0.3 is 0 Å². The van der Waals surface area contributed by atoms with Crippen molar-refractivity contribution in [2.24, 2.45) is 11.7 Å². The number of nitrogens with one attached hydrogen (secondary N) is 1. The zero-order chi connectivity index (χ0) is 14.5. The predicted octanol–water partition coefficient (Wildman–Crippen LogP) is 2.38. The first-order chi connectivity index (χ1) is 9.58. The molecular formula is C14H19BrClFN2O2. The molecule has 0 bridgehead atoms. The largest absolute Gasteiger partial charge is 0.381 e. The quantitative estimate of drug-likeness (QED) is 0.841. The molecule has 0 saturated carbocycles. The van der Waals surface area contributed by atoms with Crippen LogP contribution in [0.25, 0.3) is 0 Å². The lowest BCUT2D eigenvalue weighted by Crippen LogP contribution is -2.46. The molecule has 1 heterocycles. The van der Waals surface area contributed by atoms with Crippen LogP contribution in [0.4, 0.5) is 4.39 Å². The van der Waals surface area contributed by atoms with Crippen molar-refractivity contribution in [3.63, 3.8) is 0 Å². The first kappa shape index (κ1) is 18.4. The molecule has 0 spiro atoms. The number of halogens is 3. The zero-order valence-corrected chi connectivity index (χ0v) is 13.9. The second kappa shape index (κ2) is 8.68. The standard InChI is InChI=1S/C14H18BrFN2O2.ClH/c15-11-2-1-9(7-12(11)16)8-18-14(19)13(17)10-3-5-20-6-4-10;/h1-2,7,10,13H,3-6,8,17H2,(H,18,19);1H. The molecule has 118 valence electrons. The number of rotatable bonds is 4. The Hall–Kier alpha value is -0.690. The summed E-state index contributed by atoms with van der Waals surface area (Å²) in [7, 11) is 0. The molecule has 1 aromatic rings. The molecule has 1 amide bonds. The van der Waals surface area contributed by atoms with E-state index in [-0.39, 0.29) is 36.6 Å². The maximum absolute atomic E-state index is 13.4. The minimum absolute atomic E-state index is 0. The number of ether oxygens (including phenoxy) is 1. The number of carbonyl (C=O) groups excluding carboxylic acids is 1. The minimum Gasteiger partial charge on any atom is -0.381 e. The third-order valence-corrected chi connectivity index (χ3v) is 4.17. The molecule has 1 atom stereocenters. The van der Waals surface area contributed by atoms with E-state index in [1.807, 2.05) is 0 Å². The van der Waals surface area contributed by atoms with E-state index in [0.717, 1.165) is 12.8 Å². The Morgan fingerprint density at radius 3 is 2.76 bits per heavy atom. The summed E-state index contributed by atoms with van der Waals surface area (Å²) in [5, 5.41) is 2.76. The molecule has 0 aromatic heterocycles. The fraction of sp³-hybridized carbons (Fsp3) is 0.500. The summed E-state index contributed by atoms with van der Waals surface area (Å²) < 4.78 is 19.0. The fourth-order valence-corrected chi connectivity index (χ4v) is 2.49. The second-order valence-electron chi connectivity index (χ2n) is 4.94. The molecule has 1 unspecified atom stereocenters. The van der Waals surface area contributed by atoms with Crippen LogP contribution in [0.15, 0.2) is 22.7 Å². The Morgan fingerprint density at radius 2 is 2.14 bits per heavy atom. The molecule has 21 heavy (non-hydrogen) atoms. The van der Waals surface area contributed by atoms with Crippen LogP contribution in [-0.2, 0) is 16.1 Å². The highest BCUT2D eigenvalue weighted by Gasteiger charge is 2.26. The number of hydrogen-bond acceptors (Lipinski definition) is 3. The lowest BCUT2D eigenvalue weighted by Gasteiger charge is -2.26. The SMILES string of the molecule is Cl.NC(C(=O)NCc1ccc(Br)c(F)c1)C1CCOCC1. The van der Waals surface area contributed by atoms with Crippen molar-refractivity contribution in [3.05, 3.63) is 34.1 Å². The molecule has 4 nitrogen and oxygen atoms in total. The van der Waals surface area contributed by atoms with Crippen molar-refractivity contribution >= 4 is 34.2 Å². The van der Waals surface area contributed by atoms with Gasteiger partial charge in [0, 0.05) is 19.8 Å². The van der Waals surface area contributed by atoms with Gasteiger partial charge in [-0.3, -0.25) is 4.79 Å². The molecule has 7 heteroatoms. The average Bonchev–Trinajstić information content (AvgIpc) is 2.48. The molecule has 2 rings (SSSR count). The van der Waals surface area contributed by atoms with Crippen LogP contribution >= 0.6 is 28.3 Å². The van der Waals surface area contributed by atoms with Gasteiger partial charge in [-0.05, 0) is 52.4 Å². The maximum Gasteiger partial charge on any atom is 0.237 e. The van der Waals surface area contributed by atoms with Crippen LogP contribution in [-0.4, -0.2) is 25.2 Å². The van der Waals surface area contributed by atoms with Gasteiger partial charge in [-0.25, -0.2) is 4.39 Å². The Bertz CT molecular complexity index is 484. The van der Waals surface area contributed by atoms with Gasteiger partial charge in [-0.15, -0.1) is 12.4 Å². The Kier molecular flexibility index (Phi) is 7.59. The van der Waals surface area contributed by atoms with E-state index in [1.165, 1.54) is 6.07 Å². The topological polar surface area (TPSA) is 64.4 Å². The molecule has 1 aliphatic rings. The highest BCUT2D eigenvalue weighted by Crippen LogP contribution is 2.18. The van der Waals surface area contributed by atoms with E-state index in [1.54, 1.807) is 12.1 Å². The zero-order valence-electron chi connectivity index (χ0n) is 11.5. The third kappa shape index (κ3) is 5.21. The normalized spacial score (nSPS) is 16.9. The van der Waals surface area contributed by atoms with Crippen LogP contribution < -0.4 is 11.1 Å². The molecule has 1 saturated heterocycles. The van der Waals surface area contributed by atoms with Crippen LogP contribution in [0.3, 0.4) is 0 Å². The smallest absolute Gasteiger partial charge is 0.237 e. The van der Waals surface area contributed by atoms with Crippen LogP contribution in [0.1, 0.15) is 18.4 Å². The Balaban J connectivity index is 0.00000220. The van der Waals surface area contributed by atoms with E-state index in [0.29, 0.717) is 23.2 Å². The van der Waals surface area contributed by atoms with Gasteiger partial charge in [-0.2, -0.15) is 0 Å². The highest BCUT2D eigenvalue weighted by molar-refractivity contribution is 9.10. The highest BCUT2D eigenvalue weighted by atomic mass is 79.9. The number of carbonyl (C=O) groups is 1. The first-order valence-electron chi connectivity index (χ1n) is 6.63. The molecule has 0 radical (unpaired) electrons. The molecular weight excluding hydrogens is 363 g/mol. The van der Waals surface area contributed by atoms with Crippen molar-refractivity contribution in [1.82, 2.24) is 5.32 Å². The summed E-state index contributed by atoms with van der Waals surface area (Å²) in [5.74, 6) is -0.379. The number of hydrogen-bond donors (Lipinski definition) is 2. The van der Waals surface area contributed by atoms with Crippen molar-refractivity contribution in [1.29, 1.82) is 0 Å². The summed E-state index contributed by atoms with van der Waals surface area (Å²) in [4.78, 5) is 12.0. The number of amides is 1. The summed E-state index contributed by atoms with van der Waals surface area (Å²) >= 11 is 3.09. The van der Waals surface area contributed by atoms with Crippen molar-refractivity contribution in [2.75, 3.05) is 13.2 Å². The number of benzene rings is 1. The molecule has 1 aromatic carbocycles. The first-order valence-corrected chi connectivity index (χ1v) is 7.42. The van der Waals surface area contributed by atoms with E-state index >= 15 is 0 Å². The van der Waals surface area contributed by atoms with Crippen LogP contribution in [0, 0.1) is 11.7 Å². The van der Waals surface area contributed by atoms with E-state index in [2.05, 4.69) is 21.2 Å². The Labute approximate surface area is 138 Å². The van der Waals surface area contributed by atoms with E-state index < -0.39 is 6.04 Å². The fourth-order valence-electron chi connectivity index (χ4n) is 2.25. The molecule has 1 fully saturated rings. The van der Waals surface area contributed by atoms with Gasteiger partial charge in [0.2, 0.25) is 5.91 Å². The van der Waals surface area contributed by atoms with Crippen molar-refractivity contribution in [2.45, 2.75) is 25.4 Å². The van der Waals surface area contributed by atoms with Gasteiger partial charge in [0.1, 0.15) is 5.82 Å². The van der Waals surface area contributed by atoms with Crippen molar-refractivity contribution in [3.8, 4) is 0 Å². The summed E-state index contributed by atoms with van der Waals surface area (Å²) in [6.45, 7) is 1.59. The molecule has 1 aliphatic heterocycles. The third-order valence-electron chi connectivity index (χ3n) is 3.53. The monoisotopic (exact) mass is 380 g/mol. The van der Waals surface area contributed by atoms with Crippen molar-refractivity contribution < 1.29 is 13.9 Å². The Morgan fingerprint density at radius 1 is 1.48 bits per heavy atom.